The van der Waals surface area contributed by atoms with E-state index in [2.05, 4.69) is 31.0 Å². The second-order valence-corrected chi connectivity index (χ2v) is 5.48. The van der Waals surface area contributed by atoms with Crippen molar-refractivity contribution in [2.24, 2.45) is 0 Å². The third kappa shape index (κ3) is 2.20. The van der Waals surface area contributed by atoms with Crippen LogP contribution in [0.4, 0.5) is 5.69 Å². The maximum absolute atomic E-state index is 8.86. The highest BCUT2D eigenvalue weighted by Gasteiger charge is 2.29. The number of fused-ring (bicyclic) bond motifs is 1. The number of nitrogens with zero attached hydrogens (tertiary/aromatic N) is 2. The van der Waals surface area contributed by atoms with E-state index in [1.54, 1.807) is 18.9 Å². The summed E-state index contributed by atoms with van der Waals surface area (Å²) in [4.78, 5) is 3.44. The highest BCUT2D eigenvalue weighted by atomic mass is 32.2. The number of rotatable bonds is 2. The summed E-state index contributed by atoms with van der Waals surface area (Å²) in [6, 6.07) is 8.76. The molecule has 90 valence electrons. The molecule has 0 saturated heterocycles. The zero-order valence-corrected chi connectivity index (χ0v) is 11.1. The molecular weight excluding hydrogens is 232 g/mol. The summed E-state index contributed by atoms with van der Waals surface area (Å²) in [6.45, 7) is 2.17. The van der Waals surface area contributed by atoms with Crippen LogP contribution >= 0.6 is 11.8 Å². The van der Waals surface area contributed by atoms with Crippen LogP contribution in [0.15, 0.2) is 23.1 Å². The van der Waals surface area contributed by atoms with E-state index in [0.717, 1.165) is 5.75 Å². The molecule has 0 bridgehead atoms. The van der Waals surface area contributed by atoms with Crippen LogP contribution in [0.3, 0.4) is 0 Å². The zero-order chi connectivity index (χ0) is 12.4. The first-order valence-electron chi connectivity index (χ1n) is 5.62. The van der Waals surface area contributed by atoms with E-state index in [0.29, 0.717) is 17.7 Å². The summed E-state index contributed by atoms with van der Waals surface area (Å²) in [5, 5.41) is 9.19. The molecule has 1 aliphatic rings. The number of hydrogen-bond acceptors (Lipinski definition) is 4. The van der Waals surface area contributed by atoms with Crippen molar-refractivity contribution >= 4 is 17.4 Å². The van der Waals surface area contributed by atoms with Crippen LogP contribution in [0, 0.1) is 11.3 Å². The lowest BCUT2D eigenvalue weighted by Gasteiger charge is -2.38. The molecule has 2 atom stereocenters. The second kappa shape index (κ2) is 4.89. The maximum atomic E-state index is 8.86. The molecule has 4 heteroatoms. The molecule has 2 rings (SSSR count). The minimum atomic E-state index is 0.324. The molecule has 0 spiro atoms. The average molecular weight is 248 g/mol. The van der Waals surface area contributed by atoms with Gasteiger partial charge in [0.25, 0.3) is 0 Å². The number of methoxy groups -OCH3 is 1. The quantitative estimate of drug-likeness (QED) is 0.806. The Morgan fingerprint density at radius 2 is 2.29 bits per heavy atom. The predicted octanol–water partition coefficient (Wildman–Crippen LogP) is 2.91. The van der Waals surface area contributed by atoms with Crippen LogP contribution in [0.1, 0.15) is 13.3 Å². The van der Waals surface area contributed by atoms with E-state index in [9.17, 15) is 0 Å². The van der Waals surface area contributed by atoms with Gasteiger partial charge in [0.05, 0.1) is 18.9 Å². The fourth-order valence-corrected chi connectivity index (χ4v) is 3.42. The number of benzene rings is 1. The smallest absolute Gasteiger partial charge is 0.120 e. The predicted molar refractivity (Wildman–Crippen MR) is 70.7 cm³/mol. The lowest BCUT2D eigenvalue weighted by molar-refractivity contribution is 0.413. The molecule has 1 heterocycles. The molecule has 0 N–H and O–H groups in total. The molecule has 0 radical (unpaired) electrons. The molecular formula is C13H16N2OS. The minimum Gasteiger partial charge on any atom is -0.497 e. The molecule has 1 aromatic carbocycles. The molecule has 0 saturated carbocycles. The summed E-state index contributed by atoms with van der Waals surface area (Å²) in [7, 11) is 3.76. The van der Waals surface area contributed by atoms with Gasteiger partial charge in [-0.25, -0.2) is 0 Å². The van der Waals surface area contributed by atoms with E-state index < -0.39 is 0 Å². The van der Waals surface area contributed by atoms with Gasteiger partial charge in [-0.05, 0) is 25.1 Å². The molecule has 0 fully saturated rings. The SMILES string of the molecule is COc1ccc2c(c1)SC(CC#N)C(C)N2C. The molecule has 1 aromatic rings. The average Bonchev–Trinajstić information content (AvgIpc) is 2.35. The van der Waals surface area contributed by atoms with Crippen molar-refractivity contribution in [2.75, 3.05) is 19.1 Å². The molecule has 0 aromatic heterocycles. The molecule has 17 heavy (non-hydrogen) atoms. The Labute approximate surface area is 106 Å². The van der Waals surface area contributed by atoms with E-state index >= 15 is 0 Å². The fraction of sp³-hybridized carbons (Fsp3) is 0.462. The second-order valence-electron chi connectivity index (χ2n) is 4.20. The van der Waals surface area contributed by atoms with Gasteiger partial charge in [-0.1, -0.05) is 0 Å². The maximum Gasteiger partial charge on any atom is 0.120 e. The van der Waals surface area contributed by atoms with Gasteiger partial charge in [0, 0.05) is 29.7 Å². The van der Waals surface area contributed by atoms with Gasteiger partial charge in [-0.2, -0.15) is 5.26 Å². The molecule has 0 amide bonds. The first kappa shape index (κ1) is 12.1. The zero-order valence-electron chi connectivity index (χ0n) is 10.3. The number of ether oxygens (including phenoxy) is 1. The van der Waals surface area contributed by atoms with Crippen molar-refractivity contribution in [3.8, 4) is 11.8 Å². The van der Waals surface area contributed by atoms with E-state index in [-0.39, 0.29) is 0 Å². The normalized spacial score (nSPS) is 22.8. The van der Waals surface area contributed by atoms with Gasteiger partial charge in [0.2, 0.25) is 0 Å². The Morgan fingerprint density at radius 1 is 1.53 bits per heavy atom. The van der Waals surface area contributed by atoms with Crippen molar-refractivity contribution in [2.45, 2.75) is 29.5 Å². The first-order chi connectivity index (χ1) is 8.17. The largest absolute Gasteiger partial charge is 0.497 e. The number of hydrogen-bond donors (Lipinski definition) is 0. The van der Waals surface area contributed by atoms with E-state index in [1.807, 2.05) is 12.1 Å². The minimum absolute atomic E-state index is 0.324. The number of nitriles is 1. The Balaban J connectivity index is 2.35. The number of thioether (sulfide) groups is 1. The lowest BCUT2D eigenvalue weighted by Crippen LogP contribution is -2.40. The van der Waals surface area contributed by atoms with E-state index in [4.69, 9.17) is 10.00 Å². The highest BCUT2D eigenvalue weighted by molar-refractivity contribution is 8.00. The van der Waals surface area contributed by atoms with Crippen LogP contribution in [-0.4, -0.2) is 25.4 Å². The van der Waals surface area contributed by atoms with Crippen LogP contribution in [-0.2, 0) is 0 Å². The number of anilines is 1. The van der Waals surface area contributed by atoms with Gasteiger partial charge in [-0.3, -0.25) is 0 Å². The van der Waals surface area contributed by atoms with Gasteiger partial charge in [0.1, 0.15) is 5.75 Å². The fourth-order valence-electron chi connectivity index (χ4n) is 2.04. The standard InChI is InChI=1S/C13H16N2OS/c1-9-12(6-7-14)17-13-8-10(16-3)4-5-11(13)15(9)2/h4-5,8-9,12H,6H2,1-3H3. The monoisotopic (exact) mass is 248 g/mol. The van der Waals surface area contributed by atoms with Crippen LogP contribution in [0.5, 0.6) is 5.75 Å². The van der Waals surface area contributed by atoms with Gasteiger partial charge >= 0.3 is 0 Å². The Hall–Kier alpha value is -1.34. The topological polar surface area (TPSA) is 36.3 Å². The summed E-state index contributed by atoms with van der Waals surface area (Å²) in [5.74, 6) is 0.870. The van der Waals surface area contributed by atoms with Crippen molar-refractivity contribution < 1.29 is 4.74 Å². The first-order valence-corrected chi connectivity index (χ1v) is 6.49. The third-order valence-electron chi connectivity index (χ3n) is 3.27. The summed E-state index contributed by atoms with van der Waals surface area (Å²) in [6.07, 6.45) is 0.576. The molecule has 1 aliphatic heterocycles. The Kier molecular flexibility index (Phi) is 3.49. The van der Waals surface area contributed by atoms with Crippen molar-refractivity contribution in [1.82, 2.24) is 0 Å². The van der Waals surface area contributed by atoms with Crippen molar-refractivity contribution in [1.29, 1.82) is 5.26 Å². The highest BCUT2D eigenvalue weighted by Crippen LogP contribution is 2.43. The van der Waals surface area contributed by atoms with Crippen molar-refractivity contribution in [3.63, 3.8) is 0 Å². The van der Waals surface area contributed by atoms with Gasteiger partial charge in [0.15, 0.2) is 0 Å². The summed E-state index contributed by atoms with van der Waals surface area (Å²) in [5.41, 5.74) is 1.22. The lowest BCUT2D eigenvalue weighted by atomic mass is 10.1. The van der Waals surface area contributed by atoms with E-state index in [1.165, 1.54) is 10.6 Å². The molecule has 2 unspecified atom stereocenters. The Bertz CT molecular complexity index is 455. The van der Waals surface area contributed by atoms with Crippen LogP contribution in [0.2, 0.25) is 0 Å². The third-order valence-corrected chi connectivity index (χ3v) is 4.71. The Morgan fingerprint density at radius 3 is 2.94 bits per heavy atom. The summed E-state index contributed by atoms with van der Waals surface area (Å²) < 4.78 is 5.24. The molecule has 0 aliphatic carbocycles. The summed E-state index contributed by atoms with van der Waals surface area (Å²) >= 11 is 1.78. The molecule has 3 nitrogen and oxygen atoms in total. The van der Waals surface area contributed by atoms with Crippen LogP contribution in [0.25, 0.3) is 0 Å². The van der Waals surface area contributed by atoms with Gasteiger partial charge < -0.3 is 9.64 Å². The van der Waals surface area contributed by atoms with Crippen LogP contribution < -0.4 is 9.64 Å². The van der Waals surface area contributed by atoms with Gasteiger partial charge in [-0.15, -0.1) is 11.8 Å². The van der Waals surface area contributed by atoms with Crippen molar-refractivity contribution in [3.05, 3.63) is 18.2 Å².